The van der Waals surface area contributed by atoms with Gasteiger partial charge in [0.1, 0.15) is 24.3 Å². The third kappa shape index (κ3) is 11.1. The largest absolute Gasteiger partial charge is 0.480 e. The van der Waals surface area contributed by atoms with E-state index in [0.29, 0.717) is 0 Å². The van der Waals surface area contributed by atoms with Crippen LogP contribution in [-0.4, -0.2) is 65.5 Å². The minimum Gasteiger partial charge on any atom is -0.480 e. The van der Waals surface area contributed by atoms with Crippen molar-refractivity contribution in [1.29, 1.82) is 0 Å². The minimum absolute atomic E-state index is 0.00359. The van der Waals surface area contributed by atoms with Crippen molar-refractivity contribution in [2.75, 3.05) is 18.6 Å². The molecular formula is C20H28N2O8S. The van der Waals surface area contributed by atoms with Crippen LogP contribution in [0, 0.1) is 0 Å². The summed E-state index contributed by atoms with van der Waals surface area (Å²) in [5.74, 6) is -2.03. The maximum Gasteiger partial charge on any atom is 0.408 e. The topological polar surface area (TPSA) is 140 Å². The molecule has 2 atom stereocenters. The summed E-state index contributed by atoms with van der Waals surface area (Å²) in [6, 6.07) is 6.62. The van der Waals surface area contributed by atoms with Crippen LogP contribution in [0.4, 0.5) is 9.59 Å². The Morgan fingerprint density at radius 3 is 2.13 bits per heavy atom. The van der Waals surface area contributed by atoms with E-state index in [1.165, 1.54) is 7.11 Å². The van der Waals surface area contributed by atoms with Gasteiger partial charge in [-0.05, 0) is 26.3 Å². The van der Waals surface area contributed by atoms with Crippen molar-refractivity contribution < 1.29 is 38.5 Å². The van der Waals surface area contributed by atoms with Crippen molar-refractivity contribution in [3.63, 3.8) is 0 Å². The number of methoxy groups -OCH3 is 1. The number of carbonyl (C=O) groups is 4. The second-order valence-electron chi connectivity index (χ2n) is 7.36. The number of thioether (sulfide) groups is 1. The van der Waals surface area contributed by atoms with E-state index >= 15 is 0 Å². The zero-order chi connectivity index (χ0) is 23.4. The van der Waals surface area contributed by atoms with Gasteiger partial charge in [0.25, 0.3) is 0 Å². The number of ether oxygens (including phenoxy) is 3. The Labute approximate surface area is 185 Å². The highest BCUT2D eigenvalue weighted by Crippen LogP contribution is 2.11. The van der Waals surface area contributed by atoms with Gasteiger partial charge in [-0.25, -0.2) is 19.2 Å². The Morgan fingerprint density at radius 1 is 1.00 bits per heavy atom. The number of hydrogen-bond donors (Lipinski definition) is 3. The standard InChI is InChI=1S/C20H28N2O8S/c1-20(2,3)30-19(27)22-15(17(25)28-4)12-31-11-14(16(23)24)21-18(26)29-10-13-8-6-5-7-9-13/h5-9,14-15H,10-12H2,1-4H3,(H,21,26)(H,22,27)(H,23,24)/t14-,15+/m0/s1. The number of esters is 1. The Balaban J connectivity index is 2.55. The lowest BCUT2D eigenvalue weighted by atomic mass is 10.2. The highest BCUT2D eigenvalue weighted by Gasteiger charge is 2.27. The molecule has 0 spiro atoms. The van der Waals surface area contributed by atoms with Crippen LogP contribution in [0.15, 0.2) is 30.3 Å². The lowest BCUT2D eigenvalue weighted by Crippen LogP contribution is -2.46. The fourth-order valence-corrected chi connectivity index (χ4v) is 3.20. The van der Waals surface area contributed by atoms with Crippen LogP contribution in [-0.2, 0) is 30.4 Å². The molecule has 31 heavy (non-hydrogen) atoms. The Morgan fingerprint density at radius 2 is 1.58 bits per heavy atom. The van der Waals surface area contributed by atoms with E-state index in [4.69, 9.17) is 9.47 Å². The number of nitrogens with one attached hydrogen (secondary N) is 2. The van der Waals surface area contributed by atoms with Gasteiger partial charge in [-0.2, -0.15) is 11.8 Å². The predicted octanol–water partition coefficient (Wildman–Crippen LogP) is 2.17. The Hall–Kier alpha value is -2.95. The first kappa shape index (κ1) is 26.1. The van der Waals surface area contributed by atoms with Crippen LogP contribution >= 0.6 is 11.8 Å². The van der Waals surface area contributed by atoms with Crippen molar-refractivity contribution in [1.82, 2.24) is 10.6 Å². The van der Waals surface area contributed by atoms with Crippen LogP contribution in [0.1, 0.15) is 26.3 Å². The summed E-state index contributed by atoms with van der Waals surface area (Å²) in [7, 11) is 1.17. The monoisotopic (exact) mass is 456 g/mol. The molecule has 2 amide bonds. The van der Waals surface area contributed by atoms with Gasteiger partial charge >= 0.3 is 24.1 Å². The smallest absolute Gasteiger partial charge is 0.408 e. The lowest BCUT2D eigenvalue weighted by Gasteiger charge is -2.22. The Bertz CT molecular complexity index is 751. The average Bonchev–Trinajstić information content (AvgIpc) is 2.69. The van der Waals surface area contributed by atoms with Crippen molar-refractivity contribution in [3.8, 4) is 0 Å². The predicted molar refractivity (Wildman–Crippen MR) is 114 cm³/mol. The number of carbonyl (C=O) groups excluding carboxylic acids is 3. The Kier molecular flexibility index (Phi) is 10.7. The average molecular weight is 457 g/mol. The molecule has 1 aromatic carbocycles. The van der Waals surface area contributed by atoms with E-state index in [1.54, 1.807) is 45.0 Å². The third-order valence-electron chi connectivity index (χ3n) is 3.55. The molecule has 0 radical (unpaired) electrons. The molecule has 11 heteroatoms. The first-order chi connectivity index (χ1) is 14.5. The van der Waals surface area contributed by atoms with Gasteiger partial charge in [0, 0.05) is 11.5 Å². The molecule has 0 aliphatic carbocycles. The van der Waals surface area contributed by atoms with Gasteiger partial charge < -0.3 is 30.0 Å². The van der Waals surface area contributed by atoms with Crippen LogP contribution in [0.5, 0.6) is 0 Å². The van der Waals surface area contributed by atoms with Crippen LogP contribution in [0.2, 0.25) is 0 Å². The molecule has 0 aromatic heterocycles. The van der Waals surface area contributed by atoms with E-state index in [-0.39, 0.29) is 18.1 Å². The van der Waals surface area contributed by atoms with Gasteiger partial charge in [0.15, 0.2) is 0 Å². The number of rotatable bonds is 10. The SMILES string of the molecule is COC(=O)[C@@H](CSC[C@H](NC(=O)OCc1ccccc1)C(=O)O)NC(=O)OC(C)(C)C. The lowest BCUT2D eigenvalue weighted by molar-refractivity contribution is -0.142. The molecule has 0 unspecified atom stereocenters. The van der Waals surface area contributed by atoms with E-state index in [0.717, 1.165) is 17.3 Å². The molecule has 172 valence electrons. The van der Waals surface area contributed by atoms with Crippen molar-refractivity contribution in [3.05, 3.63) is 35.9 Å². The maximum absolute atomic E-state index is 11.9. The molecule has 0 bridgehead atoms. The van der Waals surface area contributed by atoms with Gasteiger partial charge in [0.05, 0.1) is 7.11 Å². The fourth-order valence-electron chi connectivity index (χ4n) is 2.15. The molecule has 1 aromatic rings. The van der Waals surface area contributed by atoms with Crippen molar-refractivity contribution in [2.24, 2.45) is 0 Å². The van der Waals surface area contributed by atoms with E-state index in [9.17, 15) is 24.3 Å². The maximum atomic E-state index is 11.9. The van der Waals surface area contributed by atoms with Gasteiger partial charge in [-0.15, -0.1) is 0 Å². The summed E-state index contributed by atoms with van der Waals surface area (Å²) in [6.45, 7) is 5.02. The molecule has 0 saturated heterocycles. The molecule has 10 nitrogen and oxygen atoms in total. The molecule has 0 fully saturated rings. The summed E-state index contributed by atoms with van der Waals surface area (Å²) in [5.41, 5.74) is 0.00380. The number of carboxylic acids is 1. The number of aliphatic carboxylic acids is 1. The zero-order valence-electron chi connectivity index (χ0n) is 17.9. The van der Waals surface area contributed by atoms with Crippen LogP contribution in [0.25, 0.3) is 0 Å². The number of amides is 2. The van der Waals surface area contributed by atoms with E-state index in [1.807, 2.05) is 6.07 Å². The van der Waals surface area contributed by atoms with Crippen molar-refractivity contribution in [2.45, 2.75) is 45.1 Å². The minimum atomic E-state index is -1.26. The first-order valence-corrected chi connectivity index (χ1v) is 10.5. The summed E-state index contributed by atoms with van der Waals surface area (Å²) in [5, 5.41) is 14.0. The molecule has 0 heterocycles. The first-order valence-electron chi connectivity index (χ1n) is 9.37. The van der Waals surface area contributed by atoms with Gasteiger partial charge in [-0.3, -0.25) is 0 Å². The van der Waals surface area contributed by atoms with E-state index in [2.05, 4.69) is 15.4 Å². The second kappa shape index (κ2) is 12.7. The highest BCUT2D eigenvalue weighted by molar-refractivity contribution is 7.99. The number of carboxylic acid groups (broad SMARTS) is 1. The molecule has 1 rings (SSSR count). The summed E-state index contributed by atoms with van der Waals surface area (Å²) >= 11 is 1.04. The highest BCUT2D eigenvalue weighted by atomic mass is 32.2. The molecular weight excluding hydrogens is 428 g/mol. The molecule has 0 saturated carbocycles. The van der Waals surface area contributed by atoms with Crippen LogP contribution < -0.4 is 10.6 Å². The quantitative estimate of drug-likeness (QED) is 0.357. The molecule has 3 N–H and O–H groups in total. The molecule has 0 aliphatic rings. The summed E-state index contributed by atoms with van der Waals surface area (Å²) < 4.78 is 14.8. The zero-order valence-corrected chi connectivity index (χ0v) is 18.7. The number of hydrogen-bond acceptors (Lipinski definition) is 8. The van der Waals surface area contributed by atoms with Gasteiger partial charge in [0.2, 0.25) is 0 Å². The van der Waals surface area contributed by atoms with Crippen LogP contribution in [0.3, 0.4) is 0 Å². The molecule has 0 aliphatic heterocycles. The fraction of sp³-hybridized carbons (Fsp3) is 0.500. The summed E-state index contributed by atoms with van der Waals surface area (Å²) in [4.78, 5) is 47.2. The number of benzene rings is 1. The van der Waals surface area contributed by atoms with E-state index < -0.39 is 41.8 Å². The van der Waals surface area contributed by atoms with Gasteiger partial charge in [-0.1, -0.05) is 30.3 Å². The summed E-state index contributed by atoms with van der Waals surface area (Å²) in [6.07, 6.45) is -1.69. The third-order valence-corrected chi connectivity index (χ3v) is 4.69. The second-order valence-corrected chi connectivity index (χ2v) is 8.43. The normalized spacial score (nSPS) is 12.8. The number of alkyl carbamates (subject to hydrolysis) is 2. The van der Waals surface area contributed by atoms with Crippen molar-refractivity contribution >= 4 is 35.9 Å².